The van der Waals surface area contributed by atoms with Crippen molar-refractivity contribution in [2.75, 3.05) is 6.54 Å². The number of aromatic nitrogens is 2. The lowest BCUT2D eigenvalue weighted by molar-refractivity contribution is 0.0708. The standard InChI is InChI=1S/C19H24FN3O2/c1-3-15(4-2)23-9-8-17(21-23)19(25)22-12-16(24)11-18(22)13-6-5-7-14(20)10-13/h5-10,15-16,18,24H,3-4,11-12H2,1-2H3/t16-,18+/m1/s1. The molecule has 2 aromatic rings. The van der Waals surface area contributed by atoms with Gasteiger partial charge in [-0.15, -0.1) is 0 Å². The van der Waals surface area contributed by atoms with E-state index in [9.17, 15) is 14.3 Å². The molecular weight excluding hydrogens is 321 g/mol. The lowest BCUT2D eigenvalue weighted by Crippen LogP contribution is -2.32. The smallest absolute Gasteiger partial charge is 0.274 e. The van der Waals surface area contributed by atoms with Crippen molar-refractivity contribution < 1.29 is 14.3 Å². The minimum Gasteiger partial charge on any atom is -0.391 e. The van der Waals surface area contributed by atoms with E-state index in [1.165, 1.54) is 12.1 Å². The Labute approximate surface area is 147 Å². The molecule has 0 aliphatic carbocycles. The molecule has 0 saturated carbocycles. The predicted molar refractivity (Wildman–Crippen MR) is 92.6 cm³/mol. The van der Waals surface area contributed by atoms with E-state index in [1.54, 1.807) is 23.1 Å². The van der Waals surface area contributed by atoms with Crippen molar-refractivity contribution in [3.8, 4) is 0 Å². The molecule has 0 spiro atoms. The van der Waals surface area contributed by atoms with Gasteiger partial charge in [0.2, 0.25) is 0 Å². The van der Waals surface area contributed by atoms with E-state index in [0.717, 1.165) is 12.8 Å². The van der Waals surface area contributed by atoms with Gasteiger partial charge in [-0.3, -0.25) is 9.48 Å². The van der Waals surface area contributed by atoms with Crippen LogP contribution in [0.3, 0.4) is 0 Å². The topological polar surface area (TPSA) is 58.4 Å². The first-order chi connectivity index (χ1) is 12.0. The molecule has 0 bridgehead atoms. The summed E-state index contributed by atoms with van der Waals surface area (Å²) in [7, 11) is 0. The number of carbonyl (C=O) groups is 1. The molecule has 25 heavy (non-hydrogen) atoms. The summed E-state index contributed by atoms with van der Waals surface area (Å²) in [5, 5.41) is 14.5. The molecule has 6 heteroatoms. The zero-order valence-corrected chi connectivity index (χ0v) is 14.6. The van der Waals surface area contributed by atoms with Crippen LogP contribution in [-0.2, 0) is 0 Å². The maximum atomic E-state index is 13.6. The molecule has 2 atom stereocenters. The zero-order chi connectivity index (χ0) is 18.0. The molecule has 1 fully saturated rings. The minimum atomic E-state index is -0.613. The highest BCUT2D eigenvalue weighted by Crippen LogP contribution is 2.33. The number of hydrogen-bond acceptors (Lipinski definition) is 3. The van der Waals surface area contributed by atoms with Crippen molar-refractivity contribution in [3.05, 3.63) is 53.6 Å². The van der Waals surface area contributed by atoms with Crippen molar-refractivity contribution >= 4 is 5.91 Å². The zero-order valence-electron chi connectivity index (χ0n) is 14.6. The quantitative estimate of drug-likeness (QED) is 0.904. The summed E-state index contributed by atoms with van der Waals surface area (Å²) in [4.78, 5) is 14.5. The number of halogens is 1. The highest BCUT2D eigenvalue weighted by Gasteiger charge is 2.36. The Morgan fingerprint density at radius 1 is 1.36 bits per heavy atom. The molecule has 0 radical (unpaired) electrons. The number of amides is 1. The van der Waals surface area contributed by atoms with E-state index in [4.69, 9.17) is 0 Å². The molecule has 5 nitrogen and oxygen atoms in total. The summed E-state index contributed by atoms with van der Waals surface area (Å²) in [5.41, 5.74) is 1.06. The Morgan fingerprint density at radius 2 is 2.12 bits per heavy atom. The number of nitrogens with zero attached hydrogens (tertiary/aromatic N) is 3. The van der Waals surface area contributed by atoms with Crippen LogP contribution in [0.2, 0.25) is 0 Å². The van der Waals surface area contributed by atoms with E-state index in [-0.39, 0.29) is 30.4 Å². The fourth-order valence-corrected chi connectivity index (χ4v) is 3.53. The minimum absolute atomic E-state index is 0.226. The first-order valence-corrected chi connectivity index (χ1v) is 8.83. The van der Waals surface area contributed by atoms with Gasteiger partial charge in [-0.25, -0.2) is 4.39 Å². The largest absolute Gasteiger partial charge is 0.391 e. The van der Waals surface area contributed by atoms with Crippen molar-refractivity contribution in [1.29, 1.82) is 0 Å². The van der Waals surface area contributed by atoms with Gasteiger partial charge < -0.3 is 10.0 Å². The highest BCUT2D eigenvalue weighted by molar-refractivity contribution is 5.92. The Kier molecular flexibility index (Phi) is 5.18. The van der Waals surface area contributed by atoms with Gasteiger partial charge in [0, 0.05) is 12.7 Å². The third-order valence-corrected chi connectivity index (χ3v) is 4.92. The number of rotatable bonds is 5. The summed E-state index contributed by atoms with van der Waals surface area (Å²) in [6, 6.07) is 7.86. The van der Waals surface area contributed by atoms with Gasteiger partial charge in [-0.05, 0) is 43.0 Å². The molecule has 1 aromatic carbocycles. The molecule has 1 saturated heterocycles. The number of carbonyl (C=O) groups excluding carboxylic acids is 1. The lowest BCUT2D eigenvalue weighted by atomic mass is 10.0. The van der Waals surface area contributed by atoms with Crippen LogP contribution in [0.1, 0.15) is 61.2 Å². The van der Waals surface area contributed by atoms with Crippen LogP contribution in [0.15, 0.2) is 36.5 Å². The van der Waals surface area contributed by atoms with E-state index >= 15 is 0 Å². The number of likely N-dealkylation sites (tertiary alicyclic amines) is 1. The monoisotopic (exact) mass is 345 g/mol. The van der Waals surface area contributed by atoms with Gasteiger partial charge in [0.25, 0.3) is 5.91 Å². The molecule has 1 amide bonds. The third-order valence-electron chi connectivity index (χ3n) is 4.92. The first kappa shape index (κ1) is 17.6. The molecular formula is C19H24FN3O2. The van der Waals surface area contributed by atoms with Crippen LogP contribution >= 0.6 is 0 Å². The molecule has 0 unspecified atom stereocenters. The average molecular weight is 345 g/mol. The Morgan fingerprint density at radius 3 is 2.80 bits per heavy atom. The number of hydrogen-bond donors (Lipinski definition) is 1. The van der Waals surface area contributed by atoms with Crippen LogP contribution in [0, 0.1) is 5.82 Å². The van der Waals surface area contributed by atoms with Gasteiger partial charge in [0.1, 0.15) is 11.5 Å². The van der Waals surface area contributed by atoms with Gasteiger partial charge in [-0.1, -0.05) is 26.0 Å². The van der Waals surface area contributed by atoms with Gasteiger partial charge >= 0.3 is 0 Å². The Hall–Kier alpha value is -2.21. The average Bonchev–Trinajstić information content (AvgIpc) is 3.23. The van der Waals surface area contributed by atoms with Crippen LogP contribution in [0.25, 0.3) is 0 Å². The first-order valence-electron chi connectivity index (χ1n) is 8.83. The normalized spacial score (nSPS) is 20.4. The van der Waals surface area contributed by atoms with Crippen molar-refractivity contribution in [2.45, 2.75) is 51.3 Å². The number of aliphatic hydroxyl groups is 1. The van der Waals surface area contributed by atoms with Gasteiger partial charge in [0.15, 0.2) is 0 Å². The fourth-order valence-electron chi connectivity index (χ4n) is 3.53. The molecule has 134 valence electrons. The summed E-state index contributed by atoms with van der Waals surface area (Å²) >= 11 is 0. The van der Waals surface area contributed by atoms with Crippen LogP contribution in [0.4, 0.5) is 4.39 Å². The van der Waals surface area contributed by atoms with Crippen molar-refractivity contribution in [2.24, 2.45) is 0 Å². The second-order valence-corrected chi connectivity index (χ2v) is 6.57. The van der Waals surface area contributed by atoms with Crippen LogP contribution < -0.4 is 0 Å². The second-order valence-electron chi connectivity index (χ2n) is 6.57. The summed E-state index contributed by atoms with van der Waals surface area (Å²) < 4.78 is 15.4. The molecule has 2 heterocycles. The summed E-state index contributed by atoms with van der Waals surface area (Å²) in [6.45, 7) is 4.42. The fraction of sp³-hybridized carbons (Fsp3) is 0.474. The van der Waals surface area contributed by atoms with Gasteiger partial charge in [0.05, 0.1) is 18.2 Å². The molecule has 3 rings (SSSR count). The van der Waals surface area contributed by atoms with Crippen molar-refractivity contribution in [3.63, 3.8) is 0 Å². The molecule has 1 aliphatic heterocycles. The Bertz CT molecular complexity index is 742. The molecule has 1 N–H and O–H groups in total. The van der Waals surface area contributed by atoms with Crippen LogP contribution in [0.5, 0.6) is 0 Å². The number of β-amino-alcohol motifs (C(OH)–C–C–N with tert-alkyl or cyclic N) is 1. The summed E-state index contributed by atoms with van der Waals surface area (Å²) in [5.74, 6) is -0.570. The van der Waals surface area contributed by atoms with E-state index in [2.05, 4.69) is 18.9 Å². The number of aliphatic hydroxyl groups excluding tert-OH is 1. The van der Waals surface area contributed by atoms with E-state index < -0.39 is 6.10 Å². The summed E-state index contributed by atoms with van der Waals surface area (Å²) in [6.07, 6.45) is 3.51. The second kappa shape index (κ2) is 7.35. The number of benzene rings is 1. The van der Waals surface area contributed by atoms with E-state index in [0.29, 0.717) is 17.7 Å². The lowest BCUT2D eigenvalue weighted by Gasteiger charge is -2.24. The predicted octanol–water partition coefficient (Wildman–Crippen LogP) is 3.33. The van der Waals surface area contributed by atoms with E-state index in [1.807, 2.05) is 10.9 Å². The maximum absolute atomic E-state index is 13.6. The maximum Gasteiger partial charge on any atom is 0.274 e. The van der Waals surface area contributed by atoms with Crippen LogP contribution in [-0.4, -0.2) is 38.3 Å². The SMILES string of the molecule is CCC(CC)n1ccc(C(=O)N2C[C@H](O)C[C@H]2c2cccc(F)c2)n1. The molecule has 1 aromatic heterocycles. The third kappa shape index (κ3) is 3.58. The van der Waals surface area contributed by atoms with Crippen molar-refractivity contribution in [1.82, 2.24) is 14.7 Å². The highest BCUT2D eigenvalue weighted by atomic mass is 19.1. The Balaban J connectivity index is 1.85. The molecule has 1 aliphatic rings. The van der Waals surface area contributed by atoms with Gasteiger partial charge in [-0.2, -0.15) is 5.10 Å².